The number of carbonyl (C=O) groups excluding carboxylic acids is 3. The fourth-order valence-corrected chi connectivity index (χ4v) is 5.41. The molecule has 30 heavy (non-hydrogen) atoms. The van der Waals surface area contributed by atoms with E-state index in [1.54, 1.807) is 11.3 Å². The number of imide groups is 1. The van der Waals surface area contributed by atoms with E-state index in [2.05, 4.69) is 10.6 Å². The van der Waals surface area contributed by atoms with Crippen LogP contribution in [-0.2, 0) is 9.59 Å². The second kappa shape index (κ2) is 7.23. The quantitative estimate of drug-likeness (QED) is 0.670. The number of amides is 4. The van der Waals surface area contributed by atoms with Crippen molar-refractivity contribution in [3.8, 4) is 0 Å². The summed E-state index contributed by atoms with van der Waals surface area (Å²) in [4.78, 5) is 40.9. The van der Waals surface area contributed by atoms with Crippen molar-refractivity contribution < 1.29 is 14.4 Å². The molecule has 2 heterocycles. The lowest BCUT2D eigenvalue weighted by Crippen LogP contribution is -2.51. The molecule has 1 unspecified atom stereocenters. The van der Waals surface area contributed by atoms with Crippen molar-refractivity contribution in [3.63, 3.8) is 0 Å². The molecule has 2 aliphatic carbocycles. The Kier molecular flexibility index (Phi) is 4.65. The molecule has 3 aliphatic rings. The van der Waals surface area contributed by atoms with Gasteiger partial charge in [0.2, 0.25) is 5.91 Å². The molecule has 6 nitrogen and oxygen atoms in total. The summed E-state index contributed by atoms with van der Waals surface area (Å²) in [6, 6.07) is 11.2. The fourth-order valence-electron chi connectivity index (χ4n) is 4.60. The maximum Gasteiger partial charge on any atom is 0.325 e. The summed E-state index contributed by atoms with van der Waals surface area (Å²) < 4.78 is 0. The lowest BCUT2D eigenvalue weighted by atomic mass is 9.87. The molecular formula is C23H25N3O3S. The third-order valence-corrected chi connectivity index (χ3v) is 7.38. The Morgan fingerprint density at radius 1 is 1.17 bits per heavy atom. The molecule has 3 fully saturated rings. The van der Waals surface area contributed by atoms with Crippen LogP contribution in [0.5, 0.6) is 0 Å². The normalized spacial score (nSPS) is 21.4. The number of benzene rings is 1. The van der Waals surface area contributed by atoms with E-state index in [0.29, 0.717) is 0 Å². The number of carbonyl (C=O) groups is 3. The Morgan fingerprint density at radius 3 is 2.40 bits per heavy atom. The van der Waals surface area contributed by atoms with Gasteiger partial charge in [0.1, 0.15) is 12.1 Å². The minimum atomic E-state index is -0.762. The molecule has 0 bridgehead atoms. The number of hydrogen-bond acceptors (Lipinski definition) is 4. The highest BCUT2D eigenvalue weighted by molar-refractivity contribution is 7.10. The Bertz CT molecular complexity index is 966. The second-order valence-electron chi connectivity index (χ2n) is 8.67. The van der Waals surface area contributed by atoms with E-state index in [1.165, 1.54) is 0 Å². The van der Waals surface area contributed by atoms with Gasteiger partial charge in [0, 0.05) is 4.88 Å². The molecule has 2 N–H and O–H groups in total. The van der Waals surface area contributed by atoms with Crippen LogP contribution in [0.15, 0.2) is 41.8 Å². The first-order valence-corrected chi connectivity index (χ1v) is 11.4. The summed E-state index contributed by atoms with van der Waals surface area (Å²) in [5.74, 6) is -0.0996. The highest BCUT2D eigenvalue weighted by atomic mass is 32.1. The van der Waals surface area contributed by atoms with Crippen LogP contribution >= 0.6 is 11.3 Å². The van der Waals surface area contributed by atoms with Gasteiger partial charge in [-0.2, -0.15) is 0 Å². The van der Waals surface area contributed by atoms with Crippen LogP contribution in [0.1, 0.15) is 47.7 Å². The van der Waals surface area contributed by atoms with E-state index in [0.717, 1.165) is 46.6 Å². The smallest absolute Gasteiger partial charge is 0.325 e. The summed E-state index contributed by atoms with van der Waals surface area (Å²) in [6.07, 6.45) is 3.87. The van der Waals surface area contributed by atoms with E-state index < -0.39 is 11.6 Å². The number of aryl methyl sites for hydroxylation is 1. The number of hydrogen-bond donors (Lipinski definition) is 2. The summed E-state index contributed by atoms with van der Waals surface area (Å²) in [7, 11) is 0. The molecule has 2 aromatic rings. The van der Waals surface area contributed by atoms with Gasteiger partial charge in [-0.3, -0.25) is 14.5 Å². The van der Waals surface area contributed by atoms with Crippen molar-refractivity contribution >= 4 is 29.2 Å². The molecule has 4 amide bonds. The summed E-state index contributed by atoms with van der Waals surface area (Å²) in [5, 5.41) is 7.98. The standard InChI is InChI=1S/C23H25N3O3S/c1-14-4-6-15(7-5-14)20(18-3-2-12-30-18)24-19(27)13-26-21(28)23(16-8-9-16,17-10-11-17)25-22(26)29/h2-7,12,16-17,20H,8-11,13H2,1H3,(H,24,27)(H,25,29). The molecule has 2 saturated carbocycles. The van der Waals surface area contributed by atoms with Crippen LogP contribution in [0.25, 0.3) is 0 Å². The molecule has 1 saturated heterocycles. The van der Waals surface area contributed by atoms with Crippen LogP contribution in [0.4, 0.5) is 4.79 Å². The molecule has 7 heteroatoms. The number of urea groups is 1. The average Bonchev–Trinajstić information content (AvgIpc) is 3.67. The maximum absolute atomic E-state index is 13.2. The monoisotopic (exact) mass is 423 g/mol. The molecule has 1 aromatic heterocycles. The maximum atomic E-state index is 13.2. The molecule has 156 valence electrons. The number of thiophene rings is 1. The van der Waals surface area contributed by atoms with Gasteiger partial charge in [0.05, 0.1) is 6.04 Å². The molecular weight excluding hydrogens is 398 g/mol. The van der Waals surface area contributed by atoms with Crippen LogP contribution in [-0.4, -0.2) is 34.8 Å². The highest BCUT2D eigenvalue weighted by Crippen LogP contribution is 2.54. The molecule has 1 aromatic carbocycles. The Hall–Kier alpha value is -2.67. The number of nitrogens with one attached hydrogen (secondary N) is 2. The van der Waals surface area contributed by atoms with Gasteiger partial charge < -0.3 is 10.6 Å². The molecule has 0 spiro atoms. The summed E-state index contributed by atoms with van der Waals surface area (Å²) in [6.45, 7) is 1.77. The van der Waals surface area contributed by atoms with Gasteiger partial charge in [0.25, 0.3) is 5.91 Å². The zero-order chi connectivity index (χ0) is 20.9. The summed E-state index contributed by atoms with van der Waals surface area (Å²) in [5.41, 5.74) is 1.35. The van der Waals surface area contributed by atoms with Crippen LogP contribution in [0.2, 0.25) is 0 Å². The highest BCUT2D eigenvalue weighted by Gasteiger charge is 2.65. The van der Waals surface area contributed by atoms with E-state index in [4.69, 9.17) is 0 Å². The third kappa shape index (κ3) is 3.31. The lowest BCUT2D eigenvalue weighted by Gasteiger charge is -2.26. The first kappa shape index (κ1) is 19.3. The van der Waals surface area contributed by atoms with Crippen molar-refractivity contribution in [2.24, 2.45) is 11.8 Å². The van der Waals surface area contributed by atoms with Gasteiger partial charge in [-0.1, -0.05) is 35.9 Å². The zero-order valence-corrected chi connectivity index (χ0v) is 17.7. The van der Waals surface area contributed by atoms with Gasteiger partial charge >= 0.3 is 6.03 Å². The summed E-state index contributed by atoms with van der Waals surface area (Å²) >= 11 is 1.57. The van der Waals surface area contributed by atoms with Crippen LogP contribution < -0.4 is 10.6 Å². The van der Waals surface area contributed by atoms with Crippen molar-refractivity contribution in [3.05, 3.63) is 57.8 Å². The zero-order valence-electron chi connectivity index (χ0n) is 16.9. The Balaban J connectivity index is 1.33. The lowest BCUT2D eigenvalue weighted by molar-refractivity contribution is -0.136. The third-order valence-electron chi connectivity index (χ3n) is 6.45. The number of rotatable bonds is 7. The average molecular weight is 424 g/mol. The van der Waals surface area contributed by atoms with Crippen molar-refractivity contribution in [1.29, 1.82) is 0 Å². The topological polar surface area (TPSA) is 78.5 Å². The van der Waals surface area contributed by atoms with Gasteiger partial charge in [-0.05, 0) is 61.5 Å². The van der Waals surface area contributed by atoms with Crippen molar-refractivity contribution in [2.45, 2.75) is 44.2 Å². The SMILES string of the molecule is Cc1ccc(C(NC(=O)CN2C(=O)NC(C3CC3)(C3CC3)C2=O)c2cccs2)cc1. The Morgan fingerprint density at radius 2 is 1.83 bits per heavy atom. The van der Waals surface area contributed by atoms with Gasteiger partial charge in [0.15, 0.2) is 0 Å². The van der Waals surface area contributed by atoms with E-state index >= 15 is 0 Å². The first-order chi connectivity index (χ1) is 14.5. The minimum absolute atomic E-state index is 0.212. The van der Waals surface area contributed by atoms with Crippen LogP contribution in [0.3, 0.4) is 0 Å². The first-order valence-electron chi connectivity index (χ1n) is 10.5. The second-order valence-corrected chi connectivity index (χ2v) is 9.64. The van der Waals surface area contributed by atoms with Crippen molar-refractivity contribution in [1.82, 2.24) is 15.5 Å². The predicted octanol–water partition coefficient (Wildman–Crippen LogP) is 3.37. The minimum Gasteiger partial charge on any atom is -0.343 e. The van der Waals surface area contributed by atoms with Gasteiger partial charge in [-0.15, -0.1) is 11.3 Å². The van der Waals surface area contributed by atoms with E-state index in [9.17, 15) is 14.4 Å². The van der Waals surface area contributed by atoms with Gasteiger partial charge in [-0.25, -0.2) is 4.79 Å². The molecule has 5 rings (SSSR count). The largest absolute Gasteiger partial charge is 0.343 e. The molecule has 0 radical (unpaired) electrons. The number of nitrogens with zero attached hydrogens (tertiary/aromatic N) is 1. The van der Waals surface area contributed by atoms with Crippen LogP contribution in [0, 0.1) is 18.8 Å². The molecule has 1 atom stereocenters. The fraction of sp³-hybridized carbons (Fsp3) is 0.435. The van der Waals surface area contributed by atoms with Crippen molar-refractivity contribution in [2.75, 3.05) is 6.54 Å². The molecule has 1 aliphatic heterocycles. The van der Waals surface area contributed by atoms with E-state index in [1.807, 2.05) is 48.7 Å². The van der Waals surface area contributed by atoms with E-state index in [-0.39, 0.29) is 36.2 Å². The predicted molar refractivity (Wildman–Crippen MR) is 114 cm³/mol. The Labute approximate surface area is 179 Å².